The predicted molar refractivity (Wildman–Crippen MR) is 213 cm³/mol. The highest BCUT2D eigenvalue weighted by atomic mass is 32.1. The second-order valence-corrected chi connectivity index (χ2v) is 13.9. The van der Waals surface area contributed by atoms with E-state index in [2.05, 4.69) is 173 Å². The molecule has 0 radical (unpaired) electrons. The van der Waals surface area contributed by atoms with Crippen molar-refractivity contribution in [1.29, 1.82) is 0 Å². The molecule has 0 bridgehead atoms. The molecule has 8 aromatic carbocycles. The van der Waals surface area contributed by atoms with E-state index < -0.39 is 0 Å². The van der Waals surface area contributed by atoms with Crippen molar-refractivity contribution in [3.63, 3.8) is 0 Å². The number of hydrogen-bond donors (Lipinski definition) is 0. The quantitative estimate of drug-likeness (QED) is 0.188. The van der Waals surface area contributed by atoms with Gasteiger partial charge >= 0.3 is 0 Å². The lowest BCUT2D eigenvalue weighted by atomic mass is 10.0. The summed E-state index contributed by atoms with van der Waals surface area (Å²) >= 11 is 1.86. The lowest BCUT2D eigenvalue weighted by molar-refractivity contribution is 0.672. The van der Waals surface area contributed by atoms with Gasteiger partial charge in [-0.1, -0.05) is 109 Å². The average molecular weight is 657 g/mol. The lowest BCUT2D eigenvalue weighted by Gasteiger charge is -2.28. The summed E-state index contributed by atoms with van der Waals surface area (Å²) in [7, 11) is 0. The van der Waals surface area contributed by atoms with Crippen LogP contribution in [0.2, 0.25) is 0 Å². The van der Waals surface area contributed by atoms with Gasteiger partial charge in [-0.05, 0) is 66.0 Å². The number of rotatable bonds is 4. The Balaban J connectivity index is 1.32. The van der Waals surface area contributed by atoms with Crippen LogP contribution in [0.4, 0.5) is 17.1 Å². The van der Waals surface area contributed by atoms with E-state index in [-0.39, 0.29) is 0 Å². The Morgan fingerprint density at radius 1 is 0.440 bits per heavy atom. The molecule has 50 heavy (non-hydrogen) atoms. The van der Waals surface area contributed by atoms with Gasteiger partial charge in [0.05, 0.1) is 32.8 Å². The van der Waals surface area contributed by atoms with Crippen molar-refractivity contribution in [3.8, 4) is 5.69 Å². The smallest absolute Gasteiger partial charge is 0.145 e. The van der Waals surface area contributed by atoms with Gasteiger partial charge in [0.15, 0.2) is 0 Å². The molecule has 3 heterocycles. The highest BCUT2D eigenvalue weighted by Crippen LogP contribution is 2.50. The van der Waals surface area contributed by atoms with E-state index in [0.717, 1.165) is 61.0 Å². The molecular formula is C46H28N2OS. The fraction of sp³-hybridized carbons (Fsp3) is 0. The molecule has 0 fully saturated rings. The molecule has 3 nitrogen and oxygen atoms in total. The summed E-state index contributed by atoms with van der Waals surface area (Å²) in [6, 6.07) is 61.2. The summed E-state index contributed by atoms with van der Waals surface area (Å²) in [4.78, 5) is 2.50. The highest BCUT2D eigenvalue weighted by molar-refractivity contribution is 7.26. The molecule has 0 aliphatic heterocycles. The minimum absolute atomic E-state index is 0.899. The Morgan fingerprint density at radius 3 is 2.00 bits per heavy atom. The van der Waals surface area contributed by atoms with E-state index in [4.69, 9.17) is 4.42 Å². The number of para-hydroxylation sites is 3. The van der Waals surface area contributed by atoms with Gasteiger partial charge in [0, 0.05) is 48.1 Å². The topological polar surface area (TPSA) is 21.3 Å². The summed E-state index contributed by atoms with van der Waals surface area (Å²) < 4.78 is 11.7. The van der Waals surface area contributed by atoms with Gasteiger partial charge in [0.1, 0.15) is 11.2 Å². The van der Waals surface area contributed by atoms with Gasteiger partial charge in [-0.2, -0.15) is 0 Å². The van der Waals surface area contributed by atoms with Crippen LogP contribution < -0.4 is 4.90 Å². The van der Waals surface area contributed by atoms with E-state index in [9.17, 15) is 0 Å². The van der Waals surface area contributed by atoms with Crippen molar-refractivity contribution >= 4 is 103 Å². The van der Waals surface area contributed by atoms with Crippen LogP contribution in [-0.4, -0.2) is 4.57 Å². The Bertz CT molecular complexity index is 3110. The normalized spacial score (nSPS) is 12.0. The number of benzene rings is 8. The second kappa shape index (κ2) is 10.6. The molecule has 0 spiro atoms. The number of anilines is 3. The third kappa shape index (κ3) is 3.85. The monoisotopic (exact) mass is 656 g/mol. The maximum absolute atomic E-state index is 6.76. The highest BCUT2D eigenvalue weighted by Gasteiger charge is 2.25. The van der Waals surface area contributed by atoms with Crippen LogP contribution in [0.15, 0.2) is 174 Å². The molecular weight excluding hydrogens is 629 g/mol. The van der Waals surface area contributed by atoms with Gasteiger partial charge in [0.25, 0.3) is 0 Å². The molecule has 234 valence electrons. The van der Waals surface area contributed by atoms with Gasteiger partial charge < -0.3 is 13.9 Å². The first-order chi connectivity index (χ1) is 24.8. The fourth-order valence-corrected chi connectivity index (χ4v) is 9.27. The number of aromatic nitrogens is 1. The van der Waals surface area contributed by atoms with E-state index in [1.807, 2.05) is 17.4 Å². The van der Waals surface area contributed by atoms with Crippen LogP contribution in [0.25, 0.3) is 80.4 Å². The van der Waals surface area contributed by atoms with E-state index in [1.165, 1.54) is 36.5 Å². The van der Waals surface area contributed by atoms with Crippen LogP contribution in [-0.2, 0) is 0 Å². The van der Waals surface area contributed by atoms with Gasteiger partial charge in [-0.15, -0.1) is 11.3 Å². The first kappa shape index (κ1) is 27.6. The molecule has 11 aromatic rings. The van der Waals surface area contributed by atoms with Crippen molar-refractivity contribution in [2.24, 2.45) is 0 Å². The maximum atomic E-state index is 6.76. The molecule has 0 N–H and O–H groups in total. The van der Waals surface area contributed by atoms with Crippen LogP contribution in [0.3, 0.4) is 0 Å². The summed E-state index contributed by atoms with van der Waals surface area (Å²) in [5.74, 6) is 0. The standard InChI is InChI=1S/C46H28N2OS/c1-2-14-30(15-3-1)47-36-20-7-4-18-35(36)44-38(47)22-12-23-39(44)48(40-24-11-19-34-32-17-6-9-26-42(32)50-46(34)40)37-21-10-13-29-27-28-33-31-16-5-8-25-41(31)49-45(33)43(29)37/h1-28H. The fourth-order valence-electron chi connectivity index (χ4n) is 8.06. The van der Waals surface area contributed by atoms with Crippen LogP contribution in [0, 0.1) is 0 Å². The Morgan fingerprint density at radius 2 is 1.10 bits per heavy atom. The van der Waals surface area contributed by atoms with Crippen LogP contribution in [0.1, 0.15) is 0 Å². The Hall–Kier alpha value is -6.36. The SMILES string of the molecule is c1ccc(-n2c3ccccc3c3c(N(c4cccc5c4sc4ccccc45)c4cccc5ccc6c7ccccc7oc6c45)cccc32)cc1. The van der Waals surface area contributed by atoms with E-state index >= 15 is 0 Å². The molecule has 0 amide bonds. The zero-order chi connectivity index (χ0) is 32.8. The lowest BCUT2D eigenvalue weighted by Crippen LogP contribution is -2.11. The number of nitrogens with zero attached hydrogens (tertiary/aromatic N) is 2. The van der Waals surface area contributed by atoms with Crippen molar-refractivity contribution < 1.29 is 4.42 Å². The molecule has 0 aliphatic carbocycles. The zero-order valence-electron chi connectivity index (χ0n) is 26.9. The van der Waals surface area contributed by atoms with E-state index in [0.29, 0.717) is 0 Å². The summed E-state index contributed by atoms with van der Waals surface area (Å²) in [5.41, 5.74) is 8.65. The molecule has 0 saturated carbocycles. The van der Waals surface area contributed by atoms with Crippen molar-refractivity contribution in [1.82, 2.24) is 4.57 Å². The molecule has 0 unspecified atom stereocenters. The maximum Gasteiger partial charge on any atom is 0.145 e. The van der Waals surface area contributed by atoms with Gasteiger partial charge in [-0.3, -0.25) is 0 Å². The predicted octanol–water partition coefficient (Wildman–Crippen LogP) is 13.7. The Labute approximate surface area is 291 Å². The number of fused-ring (bicyclic) bond motifs is 11. The molecule has 11 rings (SSSR count). The Kier molecular flexibility index (Phi) is 5.83. The number of hydrogen-bond acceptors (Lipinski definition) is 3. The molecule has 0 aliphatic rings. The second-order valence-electron chi connectivity index (χ2n) is 12.9. The molecule has 0 atom stereocenters. The molecule has 4 heteroatoms. The minimum atomic E-state index is 0.899. The number of furan rings is 1. The van der Waals surface area contributed by atoms with Gasteiger partial charge in [0.2, 0.25) is 0 Å². The van der Waals surface area contributed by atoms with Crippen LogP contribution >= 0.6 is 11.3 Å². The first-order valence-corrected chi connectivity index (χ1v) is 17.8. The minimum Gasteiger partial charge on any atom is -0.455 e. The van der Waals surface area contributed by atoms with E-state index in [1.54, 1.807) is 0 Å². The van der Waals surface area contributed by atoms with Crippen molar-refractivity contribution in [2.75, 3.05) is 4.90 Å². The van der Waals surface area contributed by atoms with Crippen molar-refractivity contribution in [3.05, 3.63) is 170 Å². The summed E-state index contributed by atoms with van der Waals surface area (Å²) in [5, 5.41) is 9.46. The molecule has 0 saturated heterocycles. The van der Waals surface area contributed by atoms with Crippen molar-refractivity contribution in [2.45, 2.75) is 0 Å². The summed E-state index contributed by atoms with van der Waals surface area (Å²) in [6.07, 6.45) is 0. The zero-order valence-corrected chi connectivity index (χ0v) is 27.7. The third-order valence-corrected chi connectivity index (χ3v) is 11.4. The largest absolute Gasteiger partial charge is 0.455 e. The first-order valence-electron chi connectivity index (χ1n) is 16.9. The molecule has 3 aromatic heterocycles. The summed E-state index contributed by atoms with van der Waals surface area (Å²) in [6.45, 7) is 0. The number of thiophene rings is 1. The average Bonchev–Trinajstić information content (AvgIpc) is 3.86. The third-order valence-electron chi connectivity index (χ3n) is 10.2. The van der Waals surface area contributed by atoms with Crippen LogP contribution in [0.5, 0.6) is 0 Å². The van der Waals surface area contributed by atoms with Gasteiger partial charge in [-0.25, -0.2) is 0 Å².